The zero-order chi connectivity index (χ0) is 19.0. The summed E-state index contributed by atoms with van der Waals surface area (Å²) in [6, 6.07) is 12.1. The third-order valence-corrected chi connectivity index (χ3v) is 5.57. The van der Waals surface area contributed by atoms with Gasteiger partial charge >= 0.3 is 0 Å². The van der Waals surface area contributed by atoms with E-state index in [-0.39, 0.29) is 24.1 Å². The molecule has 0 aliphatic carbocycles. The van der Waals surface area contributed by atoms with Crippen LogP contribution in [0.4, 0.5) is 13.2 Å². The van der Waals surface area contributed by atoms with Crippen molar-refractivity contribution in [3.63, 3.8) is 0 Å². The summed E-state index contributed by atoms with van der Waals surface area (Å²) >= 11 is 0. The van der Waals surface area contributed by atoms with E-state index in [1.165, 1.54) is 5.56 Å². The number of ether oxygens (including phenoxy) is 1. The van der Waals surface area contributed by atoms with Gasteiger partial charge in [-0.2, -0.15) is 0 Å². The van der Waals surface area contributed by atoms with E-state index < -0.39 is 23.1 Å². The van der Waals surface area contributed by atoms with E-state index in [4.69, 9.17) is 4.74 Å². The molecule has 2 aromatic carbocycles. The van der Waals surface area contributed by atoms with Gasteiger partial charge in [0.15, 0.2) is 17.5 Å². The molecule has 2 heterocycles. The molecular weight excluding hydrogens is 355 g/mol. The Bertz CT molecular complexity index is 777. The van der Waals surface area contributed by atoms with Crippen LogP contribution < -0.4 is 0 Å². The fourth-order valence-electron chi connectivity index (χ4n) is 4.43. The van der Waals surface area contributed by atoms with E-state index in [0.29, 0.717) is 26.1 Å². The number of piperidine rings is 1. The first kappa shape index (κ1) is 18.5. The third-order valence-electron chi connectivity index (χ3n) is 5.57. The highest BCUT2D eigenvalue weighted by molar-refractivity contribution is 5.22. The molecule has 2 aliphatic rings. The van der Waals surface area contributed by atoms with Crippen LogP contribution in [0.25, 0.3) is 0 Å². The topological polar surface area (TPSA) is 32.7 Å². The normalized spacial score (nSPS) is 28.3. The Morgan fingerprint density at radius 2 is 1.56 bits per heavy atom. The average Bonchev–Trinajstić information content (AvgIpc) is 2.61. The van der Waals surface area contributed by atoms with E-state index >= 15 is 0 Å². The minimum Gasteiger partial charge on any atom is -0.389 e. The molecule has 2 bridgehead atoms. The van der Waals surface area contributed by atoms with E-state index in [1.54, 1.807) is 0 Å². The SMILES string of the molecule is OC1(Cc2cc(F)c(F)c(F)c2)CC2COCC(C1)N2Cc1ccccc1. The Morgan fingerprint density at radius 1 is 0.963 bits per heavy atom. The number of fused-ring (bicyclic) bond motifs is 2. The van der Waals surface area contributed by atoms with Crippen LogP contribution in [0.2, 0.25) is 0 Å². The van der Waals surface area contributed by atoms with E-state index in [0.717, 1.165) is 18.7 Å². The van der Waals surface area contributed by atoms with E-state index in [1.807, 2.05) is 18.2 Å². The van der Waals surface area contributed by atoms with Crippen molar-refractivity contribution in [2.45, 2.75) is 43.5 Å². The van der Waals surface area contributed by atoms with Crippen molar-refractivity contribution in [2.24, 2.45) is 0 Å². The number of morpholine rings is 1. The molecule has 2 atom stereocenters. The predicted molar refractivity (Wildman–Crippen MR) is 94.6 cm³/mol. The Hall–Kier alpha value is -1.89. The summed E-state index contributed by atoms with van der Waals surface area (Å²) in [6.07, 6.45) is 0.973. The summed E-state index contributed by atoms with van der Waals surface area (Å²) in [6.45, 7) is 1.80. The van der Waals surface area contributed by atoms with Gasteiger partial charge in [0.2, 0.25) is 0 Å². The number of hydrogen-bond acceptors (Lipinski definition) is 3. The van der Waals surface area contributed by atoms with Crippen LogP contribution in [0.5, 0.6) is 0 Å². The molecule has 0 amide bonds. The summed E-state index contributed by atoms with van der Waals surface area (Å²) in [5.74, 6) is -3.93. The molecule has 4 rings (SSSR count). The highest BCUT2D eigenvalue weighted by atomic mass is 19.2. The van der Waals surface area contributed by atoms with Gasteiger partial charge in [0.25, 0.3) is 0 Å². The van der Waals surface area contributed by atoms with Crippen LogP contribution in [-0.2, 0) is 17.7 Å². The molecule has 6 heteroatoms. The van der Waals surface area contributed by atoms with Crippen LogP contribution >= 0.6 is 0 Å². The summed E-state index contributed by atoms with van der Waals surface area (Å²) in [5.41, 5.74) is 0.371. The van der Waals surface area contributed by atoms with Gasteiger partial charge in [0.05, 0.1) is 18.8 Å². The molecular formula is C21H22F3NO2. The second kappa shape index (κ2) is 7.26. The molecule has 0 spiro atoms. The van der Waals surface area contributed by atoms with Crippen LogP contribution in [0, 0.1) is 17.5 Å². The highest BCUT2D eigenvalue weighted by Gasteiger charge is 2.46. The van der Waals surface area contributed by atoms with Gasteiger partial charge in [-0.1, -0.05) is 30.3 Å². The number of aliphatic hydroxyl groups is 1. The summed E-state index contributed by atoms with van der Waals surface area (Å²) in [5, 5.41) is 11.1. The van der Waals surface area contributed by atoms with Gasteiger partial charge in [0, 0.05) is 25.0 Å². The second-order valence-corrected chi connectivity index (χ2v) is 7.69. The molecule has 0 aromatic heterocycles. The quantitative estimate of drug-likeness (QED) is 0.829. The standard InChI is InChI=1S/C21H22F3NO2/c22-18-6-15(7-19(23)20(18)24)8-21(26)9-16-12-27-13-17(10-21)25(16)11-14-4-2-1-3-5-14/h1-7,16-17,26H,8-13H2. The molecule has 144 valence electrons. The Morgan fingerprint density at radius 3 is 2.15 bits per heavy atom. The zero-order valence-electron chi connectivity index (χ0n) is 14.9. The Labute approximate surface area is 156 Å². The van der Waals surface area contributed by atoms with Gasteiger partial charge in [0.1, 0.15) is 0 Å². The number of hydrogen-bond donors (Lipinski definition) is 1. The average molecular weight is 377 g/mol. The largest absolute Gasteiger partial charge is 0.389 e. The Balaban J connectivity index is 1.52. The molecule has 0 saturated carbocycles. The summed E-state index contributed by atoms with van der Waals surface area (Å²) in [7, 11) is 0. The van der Waals surface area contributed by atoms with Crippen molar-refractivity contribution >= 4 is 0 Å². The molecule has 2 aromatic rings. The lowest BCUT2D eigenvalue weighted by Gasteiger charge is -2.51. The lowest BCUT2D eigenvalue weighted by atomic mass is 9.77. The Kier molecular flexibility index (Phi) is 4.97. The summed E-state index contributed by atoms with van der Waals surface area (Å²) < 4.78 is 45.9. The minimum atomic E-state index is -1.48. The minimum absolute atomic E-state index is 0.0258. The van der Waals surface area contributed by atoms with Crippen molar-refractivity contribution in [1.82, 2.24) is 4.90 Å². The first-order valence-electron chi connectivity index (χ1n) is 9.17. The van der Waals surface area contributed by atoms with Crippen LogP contribution in [0.1, 0.15) is 24.0 Å². The molecule has 27 heavy (non-hydrogen) atoms. The maximum Gasteiger partial charge on any atom is 0.194 e. The molecule has 2 unspecified atom stereocenters. The van der Waals surface area contributed by atoms with Gasteiger partial charge < -0.3 is 9.84 Å². The molecule has 1 N–H and O–H groups in total. The van der Waals surface area contributed by atoms with E-state index in [2.05, 4.69) is 17.0 Å². The lowest BCUT2D eigenvalue weighted by Crippen LogP contribution is -2.61. The van der Waals surface area contributed by atoms with Crippen molar-refractivity contribution in [1.29, 1.82) is 0 Å². The fraction of sp³-hybridized carbons (Fsp3) is 0.429. The zero-order valence-corrected chi connectivity index (χ0v) is 14.9. The maximum atomic E-state index is 13.5. The first-order chi connectivity index (χ1) is 12.9. The monoisotopic (exact) mass is 377 g/mol. The first-order valence-corrected chi connectivity index (χ1v) is 9.17. The molecule has 2 fully saturated rings. The summed E-state index contributed by atoms with van der Waals surface area (Å²) in [4.78, 5) is 2.35. The number of rotatable bonds is 4. The molecule has 3 nitrogen and oxygen atoms in total. The smallest absolute Gasteiger partial charge is 0.194 e. The van der Waals surface area contributed by atoms with Crippen molar-refractivity contribution < 1.29 is 23.0 Å². The molecule has 0 radical (unpaired) electrons. The van der Waals surface area contributed by atoms with Crippen LogP contribution in [-0.4, -0.2) is 40.9 Å². The van der Waals surface area contributed by atoms with Crippen molar-refractivity contribution in [3.8, 4) is 0 Å². The third kappa shape index (κ3) is 3.88. The fourth-order valence-corrected chi connectivity index (χ4v) is 4.43. The van der Waals surface area contributed by atoms with E-state index in [9.17, 15) is 18.3 Å². The highest BCUT2D eigenvalue weighted by Crippen LogP contribution is 2.37. The van der Waals surface area contributed by atoms with Gasteiger partial charge in [-0.15, -0.1) is 0 Å². The van der Waals surface area contributed by atoms with Crippen LogP contribution in [0.15, 0.2) is 42.5 Å². The second-order valence-electron chi connectivity index (χ2n) is 7.69. The molecule has 2 saturated heterocycles. The number of nitrogens with zero attached hydrogens (tertiary/aromatic N) is 1. The lowest BCUT2D eigenvalue weighted by molar-refractivity contribution is -0.145. The number of halogens is 3. The maximum absolute atomic E-state index is 13.5. The van der Waals surface area contributed by atoms with Crippen molar-refractivity contribution in [3.05, 3.63) is 71.0 Å². The van der Waals surface area contributed by atoms with Gasteiger partial charge in [-0.25, -0.2) is 13.2 Å². The van der Waals surface area contributed by atoms with Gasteiger partial charge in [-0.3, -0.25) is 4.90 Å². The number of benzene rings is 2. The van der Waals surface area contributed by atoms with Gasteiger partial charge in [-0.05, 0) is 36.1 Å². The predicted octanol–water partition coefficient (Wildman–Crippen LogP) is 3.44. The van der Waals surface area contributed by atoms with Crippen molar-refractivity contribution in [2.75, 3.05) is 13.2 Å². The van der Waals surface area contributed by atoms with Crippen LogP contribution in [0.3, 0.4) is 0 Å². The molecule has 2 aliphatic heterocycles.